The molecule has 0 aromatic rings. The van der Waals surface area contributed by atoms with Crippen LogP contribution in [0.1, 0.15) is 19.8 Å². The zero-order chi connectivity index (χ0) is 8.69. The smallest absolute Gasteiger partial charge is 0.0638 e. The average Bonchev–Trinajstić information content (AvgIpc) is 2.00. The van der Waals surface area contributed by atoms with E-state index >= 15 is 0 Å². The molecule has 1 atom stereocenters. The maximum Gasteiger partial charge on any atom is 0.0638 e. The second kappa shape index (κ2) is 6.45. The predicted octanol–water partition coefficient (Wildman–Crippen LogP) is 1.85. The quantitative estimate of drug-likeness (QED) is 0.595. The molecule has 0 saturated heterocycles. The Morgan fingerprint density at radius 3 is 2.73 bits per heavy atom. The molecule has 0 rings (SSSR count). The lowest BCUT2D eigenvalue weighted by Gasteiger charge is -2.21. The van der Waals surface area contributed by atoms with Gasteiger partial charge in [-0.2, -0.15) is 5.26 Å². The van der Waals surface area contributed by atoms with E-state index in [1.807, 2.05) is 7.05 Å². The lowest BCUT2D eigenvalue weighted by molar-refractivity contribution is 0.262. The third kappa shape index (κ3) is 5.06. The topological polar surface area (TPSA) is 27.0 Å². The number of hydrogen-bond donors (Lipinski definition) is 0. The first-order valence-corrected chi connectivity index (χ1v) is 4.39. The summed E-state index contributed by atoms with van der Waals surface area (Å²) in [6, 6.07) is 2.50. The molecule has 0 radical (unpaired) electrons. The Hall–Kier alpha value is -0.260. The molecule has 0 bridgehead atoms. The second-order valence-corrected chi connectivity index (χ2v) is 3.11. The molecule has 64 valence electrons. The molecular formula is C8H15ClN2. The lowest BCUT2D eigenvalue weighted by Crippen LogP contribution is -2.29. The standard InChI is InChI=1S/C8H15ClN2/c1-8(4-6-10)11(2)7-3-5-9/h8H,3-5,7H2,1-2H3. The molecule has 0 N–H and O–H groups in total. The molecule has 0 aromatic carbocycles. The fourth-order valence-electron chi connectivity index (χ4n) is 0.817. The first kappa shape index (κ1) is 10.7. The summed E-state index contributed by atoms with van der Waals surface area (Å²) in [6.45, 7) is 3.03. The Morgan fingerprint density at radius 1 is 1.64 bits per heavy atom. The molecule has 0 fully saturated rings. The number of nitrogens with zero attached hydrogens (tertiary/aromatic N) is 2. The Kier molecular flexibility index (Phi) is 6.30. The summed E-state index contributed by atoms with van der Waals surface area (Å²) in [4.78, 5) is 2.16. The summed E-state index contributed by atoms with van der Waals surface area (Å²) < 4.78 is 0. The molecule has 0 aliphatic heterocycles. The average molecular weight is 175 g/mol. The van der Waals surface area contributed by atoms with Gasteiger partial charge in [0.2, 0.25) is 0 Å². The van der Waals surface area contributed by atoms with Crippen molar-refractivity contribution in [2.45, 2.75) is 25.8 Å². The summed E-state index contributed by atoms with van der Waals surface area (Å²) in [5, 5.41) is 8.41. The number of nitriles is 1. The molecule has 1 unspecified atom stereocenters. The Bertz CT molecular complexity index is 131. The van der Waals surface area contributed by atoms with Crippen molar-refractivity contribution < 1.29 is 0 Å². The van der Waals surface area contributed by atoms with E-state index in [-0.39, 0.29) is 0 Å². The molecule has 0 aromatic heterocycles. The van der Waals surface area contributed by atoms with E-state index in [1.165, 1.54) is 0 Å². The minimum atomic E-state index is 0.350. The maximum absolute atomic E-state index is 8.41. The number of rotatable bonds is 5. The van der Waals surface area contributed by atoms with Crippen LogP contribution in [0.15, 0.2) is 0 Å². The summed E-state index contributed by atoms with van der Waals surface area (Å²) >= 11 is 5.54. The van der Waals surface area contributed by atoms with Gasteiger partial charge in [0.1, 0.15) is 0 Å². The molecule has 11 heavy (non-hydrogen) atoms. The molecule has 0 spiro atoms. The summed E-state index contributed by atoms with van der Waals surface area (Å²) in [5.74, 6) is 0.698. The van der Waals surface area contributed by atoms with Crippen molar-refractivity contribution >= 4 is 11.6 Å². The second-order valence-electron chi connectivity index (χ2n) is 2.73. The van der Waals surface area contributed by atoms with E-state index in [0.717, 1.165) is 13.0 Å². The van der Waals surface area contributed by atoms with E-state index in [9.17, 15) is 0 Å². The number of hydrogen-bond acceptors (Lipinski definition) is 2. The van der Waals surface area contributed by atoms with Gasteiger partial charge in [-0.05, 0) is 26.9 Å². The van der Waals surface area contributed by atoms with Crippen LogP contribution in [0.25, 0.3) is 0 Å². The van der Waals surface area contributed by atoms with Gasteiger partial charge in [0.25, 0.3) is 0 Å². The van der Waals surface area contributed by atoms with Gasteiger partial charge in [0, 0.05) is 11.9 Å². The van der Waals surface area contributed by atoms with Crippen LogP contribution in [0.2, 0.25) is 0 Å². The Morgan fingerprint density at radius 2 is 2.27 bits per heavy atom. The Labute approximate surface area is 73.7 Å². The molecule has 0 aliphatic rings. The minimum Gasteiger partial charge on any atom is -0.303 e. The highest BCUT2D eigenvalue weighted by atomic mass is 35.5. The van der Waals surface area contributed by atoms with E-state index in [0.29, 0.717) is 18.3 Å². The van der Waals surface area contributed by atoms with Gasteiger partial charge in [-0.25, -0.2) is 0 Å². The summed E-state index contributed by atoms with van der Waals surface area (Å²) in [7, 11) is 2.02. The molecule has 2 nitrogen and oxygen atoms in total. The fraction of sp³-hybridized carbons (Fsp3) is 0.875. The van der Waals surface area contributed by atoms with Gasteiger partial charge in [-0.15, -0.1) is 11.6 Å². The van der Waals surface area contributed by atoms with E-state index in [4.69, 9.17) is 16.9 Å². The van der Waals surface area contributed by atoms with Crippen molar-refractivity contribution in [2.75, 3.05) is 19.5 Å². The lowest BCUT2D eigenvalue weighted by atomic mass is 10.2. The minimum absolute atomic E-state index is 0.350. The van der Waals surface area contributed by atoms with Crippen LogP contribution in [0.5, 0.6) is 0 Å². The van der Waals surface area contributed by atoms with Crippen LogP contribution in [-0.4, -0.2) is 30.4 Å². The van der Waals surface area contributed by atoms with Crippen molar-refractivity contribution in [3.05, 3.63) is 0 Å². The van der Waals surface area contributed by atoms with Gasteiger partial charge in [-0.1, -0.05) is 0 Å². The van der Waals surface area contributed by atoms with Crippen LogP contribution in [0.4, 0.5) is 0 Å². The van der Waals surface area contributed by atoms with Crippen molar-refractivity contribution in [2.24, 2.45) is 0 Å². The highest BCUT2D eigenvalue weighted by molar-refractivity contribution is 6.17. The van der Waals surface area contributed by atoms with Crippen LogP contribution >= 0.6 is 11.6 Å². The fourth-order valence-corrected chi connectivity index (χ4v) is 0.937. The maximum atomic E-state index is 8.41. The zero-order valence-electron chi connectivity index (χ0n) is 7.18. The molecular weight excluding hydrogens is 160 g/mol. The molecule has 0 aliphatic carbocycles. The van der Waals surface area contributed by atoms with Gasteiger partial charge >= 0.3 is 0 Å². The first-order valence-electron chi connectivity index (χ1n) is 3.85. The van der Waals surface area contributed by atoms with E-state index in [1.54, 1.807) is 0 Å². The van der Waals surface area contributed by atoms with Gasteiger partial charge in [0.15, 0.2) is 0 Å². The van der Waals surface area contributed by atoms with Crippen LogP contribution < -0.4 is 0 Å². The van der Waals surface area contributed by atoms with Crippen molar-refractivity contribution in [1.29, 1.82) is 5.26 Å². The SMILES string of the molecule is CC(CC#N)N(C)CCCCl. The largest absolute Gasteiger partial charge is 0.303 e. The predicted molar refractivity (Wildman–Crippen MR) is 47.7 cm³/mol. The van der Waals surface area contributed by atoms with Gasteiger partial charge in [0.05, 0.1) is 12.5 Å². The zero-order valence-corrected chi connectivity index (χ0v) is 7.93. The van der Waals surface area contributed by atoms with Crippen LogP contribution in [-0.2, 0) is 0 Å². The normalized spacial score (nSPS) is 13.0. The van der Waals surface area contributed by atoms with E-state index in [2.05, 4.69) is 17.9 Å². The van der Waals surface area contributed by atoms with Crippen molar-refractivity contribution in [1.82, 2.24) is 4.90 Å². The number of halogens is 1. The van der Waals surface area contributed by atoms with Gasteiger partial charge in [-0.3, -0.25) is 0 Å². The van der Waals surface area contributed by atoms with Crippen LogP contribution in [0.3, 0.4) is 0 Å². The summed E-state index contributed by atoms with van der Waals surface area (Å²) in [5.41, 5.74) is 0. The highest BCUT2D eigenvalue weighted by Gasteiger charge is 2.06. The van der Waals surface area contributed by atoms with Gasteiger partial charge < -0.3 is 4.90 Å². The highest BCUT2D eigenvalue weighted by Crippen LogP contribution is 2.00. The third-order valence-electron chi connectivity index (χ3n) is 1.78. The van der Waals surface area contributed by atoms with Crippen molar-refractivity contribution in [3.8, 4) is 6.07 Å². The number of alkyl halides is 1. The first-order chi connectivity index (χ1) is 5.22. The molecule has 0 saturated carbocycles. The van der Waals surface area contributed by atoms with Crippen LogP contribution in [0, 0.1) is 11.3 Å². The molecule has 3 heteroatoms. The molecule has 0 amide bonds. The van der Waals surface area contributed by atoms with E-state index < -0.39 is 0 Å². The summed E-state index contributed by atoms with van der Waals surface area (Å²) in [6.07, 6.45) is 1.59. The monoisotopic (exact) mass is 174 g/mol. The molecule has 0 heterocycles. The third-order valence-corrected chi connectivity index (χ3v) is 2.05. The van der Waals surface area contributed by atoms with Crippen molar-refractivity contribution in [3.63, 3.8) is 0 Å². The Balaban J connectivity index is 3.48.